The van der Waals surface area contributed by atoms with Crippen molar-refractivity contribution in [3.63, 3.8) is 0 Å². The first-order valence-corrected chi connectivity index (χ1v) is 10.9. The summed E-state index contributed by atoms with van der Waals surface area (Å²) in [6.07, 6.45) is 4.41. The Morgan fingerprint density at radius 3 is 2.36 bits per heavy atom. The molecule has 3 N–H and O–H groups in total. The number of nitrogens with one attached hydrogen (secondary N) is 2. The van der Waals surface area contributed by atoms with Crippen LogP contribution >= 0.6 is 0 Å². The Bertz CT molecular complexity index is 1420. The Morgan fingerprint density at radius 1 is 0.970 bits per heavy atom. The summed E-state index contributed by atoms with van der Waals surface area (Å²) in [5.41, 5.74) is 3.73. The summed E-state index contributed by atoms with van der Waals surface area (Å²) in [5, 5.41) is 10.5. The molecule has 0 fully saturated rings. The van der Waals surface area contributed by atoms with Gasteiger partial charge in [0.2, 0.25) is 11.1 Å². The van der Waals surface area contributed by atoms with E-state index in [0.29, 0.717) is 41.6 Å². The number of hydrogen-bond acceptors (Lipinski definition) is 5. The maximum absolute atomic E-state index is 12.4. The molecule has 0 radical (unpaired) electrons. The summed E-state index contributed by atoms with van der Waals surface area (Å²) < 4.78 is 0. The van der Waals surface area contributed by atoms with Crippen LogP contribution in [0.1, 0.15) is 31.7 Å². The van der Waals surface area contributed by atoms with E-state index in [9.17, 15) is 19.5 Å². The van der Waals surface area contributed by atoms with Gasteiger partial charge in [-0.15, -0.1) is 0 Å². The third-order valence-corrected chi connectivity index (χ3v) is 5.64. The minimum absolute atomic E-state index is 0.0738. The summed E-state index contributed by atoms with van der Waals surface area (Å²) in [4.78, 5) is 46.2. The van der Waals surface area contributed by atoms with Gasteiger partial charge in [-0.25, -0.2) is 4.98 Å². The van der Waals surface area contributed by atoms with Gasteiger partial charge >= 0.3 is 0 Å². The van der Waals surface area contributed by atoms with Crippen molar-refractivity contribution < 1.29 is 9.90 Å². The van der Waals surface area contributed by atoms with E-state index in [-0.39, 0.29) is 23.3 Å². The largest absolute Gasteiger partial charge is 0.393 e. The van der Waals surface area contributed by atoms with Gasteiger partial charge in [-0.05, 0) is 54.3 Å². The van der Waals surface area contributed by atoms with Crippen LogP contribution in [0.4, 0.5) is 0 Å². The molecule has 1 atom stereocenters. The van der Waals surface area contributed by atoms with Crippen LogP contribution < -0.4 is 11.1 Å². The molecule has 0 aliphatic carbocycles. The second kappa shape index (κ2) is 9.75. The predicted molar refractivity (Wildman–Crippen MR) is 128 cm³/mol. The van der Waals surface area contributed by atoms with Gasteiger partial charge in [-0.2, -0.15) is 0 Å². The van der Waals surface area contributed by atoms with E-state index >= 15 is 0 Å². The van der Waals surface area contributed by atoms with Gasteiger partial charge in [0.05, 0.1) is 17.3 Å². The van der Waals surface area contributed by atoms with Crippen molar-refractivity contribution >= 4 is 16.7 Å². The Labute approximate surface area is 190 Å². The minimum atomic E-state index is -0.449. The van der Waals surface area contributed by atoms with Crippen LogP contribution in [0.2, 0.25) is 0 Å². The van der Waals surface area contributed by atoms with Crippen LogP contribution in [0.25, 0.3) is 33.3 Å². The quantitative estimate of drug-likeness (QED) is 0.385. The molecule has 33 heavy (non-hydrogen) atoms. The average Bonchev–Trinajstić information content (AvgIpc) is 2.81. The topological polar surface area (TPSA) is 116 Å². The number of aliphatic hydroxyl groups excluding tert-OH is 1. The number of hydrogen-bond donors (Lipinski definition) is 3. The Kier molecular flexibility index (Phi) is 6.60. The zero-order valence-electron chi connectivity index (χ0n) is 18.3. The molecule has 3 aromatic heterocycles. The number of Topliss-reactive ketones (excluding diaryl/α,β-unsaturated/α-hetero) is 1. The number of aromatic amines is 2. The van der Waals surface area contributed by atoms with E-state index in [4.69, 9.17) is 4.98 Å². The van der Waals surface area contributed by atoms with E-state index in [2.05, 4.69) is 9.97 Å². The van der Waals surface area contributed by atoms with Gasteiger partial charge in [-0.1, -0.05) is 13.0 Å². The fraction of sp³-hybridized carbons (Fsp3) is 0.231. The molecule has 7 heteroatoms. The normalized spacial score (nSPS) is 12.1. The Balaban J connectivity index is 1.76. The van der Waals surface area contributed by atoms with Crippen molar-refractivity contribution in [1.82, 2.24) is 15.0 Å². The lowest BCUT2D eigenvalue weighted by Crippen LogP contribution is -2.10. The first kappa shape index (κ1) is 22.4. The third kappa shape index (κ3) is 5.32. The Hall–Kier alpha value is -3.84. The van der Waals surface area contributed by atoms with Crippen LogP contribution in [-0.4, -0.2) is 31.9 Å². The molecule has 0 bridgehead atoms. The molecule has 0 amide bonds. The van der Waals surface area contributed by atoms with Crippen molar-refractivity contribution in [2.75, 3.05) is 0 Å². The minimum Gasteiger partial charge on any atom is -0.393 e. The molecular formula is C26H25N3O4. The smallest absolute Gasteiger partial charge is 0.248 e. The number of H-pyrrole nitrogens is 2. The molecule has 0 aliphatic rings. The van der Waals surface area contributed by atoms with Crippen molar-refractivity contribution in [1.29, 1.82) is 0 Å². The number of fused-ring (bicyclic) bond motifs is 1. The van der Waals surface area contributed by atoms with Crippen LogP contribution in [0.5, 0.6) is 0 Å². The number of ketones is 1. The van der Waals surface area contributed by atoms with E-state index in [1.54, 1.807) is 24.5 Å². The molecule has 0 aliphatic heterocycles. The molecule has 168 valence electrons. The maximum atomic E-state index is 12.4. The lowest BCUT2D eigenvalue weighted by molar-refractivity contribution is -0.119. The second-order valence-electron chi connectivity index (χ2n) is 8.11. The highest BCUT2D eigenvalue weighted by Gasteiger charge is 2.14. The van der Waals surface area contributed by atoms with Crippen LogP contribution in [-0.2, 0) is 11.2 Å². The lowest BCUT2D eigenvalue weighted by atomic mass is 9.97. The summed E-state index contributed by atoms with van der Waals surface area (Å²) in [7, 11) is 0. The fourth-order valence-electron chi connectivity index (χ4n) is 3.83. The molecule has 4 rings (SSSR count). The average molecular weight is 444 g/mol. The Morgan fingerprint density at radius 2 is 1.67 bits per heavy atom. The lowest BCUT2D eigenvalue weighted by Gasteiger charge is -2.12. The first-order valence-electron chi connectivity index (χ1n) is 10.9. The number of carbonyl (C=O) groups is 1. The third-order valence-electron chi connectivity index (χ3n) is 5.64. The second-order valence-corrected chi connectivity index (χ2v) is 8.11. The van der Waals surface area contributed by atoms with Crippen molar-refractivity contribution in [3.8, 4) is 22.4 Å². The van der Waals surface area contributed by atoms with Crippen LogP contribution in [0.15, 0.2) is 70.5 Å². The highest BCUT2D eigenvalue weighted by molar-refractivity contribution is 5.92. The van der Waals surface area contributed by atoms with Gasteiger partial charge in [0.25, 0.3) is 0 Å². The van der Waals surface area contributed by atoms with Crippen LogP contribution in [0.3, 0.4) is 0 Å². The van der Waals surface area contributed by atoms with E-state index in [0.717, 1.165) is 16.5 Å². The molecule has 0 saturated heterocycles. The van der Waals surface area contributed by atoms with E-state index < -0.39 is 6.10 Å². The zero-order chi connectivity index (χ0) is 23.4. The number of aromatic nitrogens is 3. The highest BCUT2D eigenvalue weighted by Crippen LogP contribution is 2.32. The van der Waals surface area contributed by atoms with Gasteiger partial charge in [0.15, 0.2) is 0 Å². The van der Waals surface area contributed by atoms with E-state index in [1.165, 1.54) is 12.1 Å². The number of benzene rings is 1. The van der Waals surface area contributed by atoms with E-state index in [1.807, 2.05) is 31.2 Å². The monoisotopic (exact) mass is 443 g/mol. The number of rotatable bonds is 8. The maximum Gasteiger partial charge on any atom is 0.248 e. The molecule has 1 aromatic carbocycles. The zero-order valence-corrected chi connectivity index (χ0v) is 18.3. The molecule has 4 aromatic rings. The first-order chi connectivity index (χ1) is 15.9. The predicted octanol–water partition coefficient (Wildman–Crippen LogP) is 3.61. The summed E-state index contributed by atoms with van der Waals surface area (Å²) in [6, 6.07) is 14.1. The molecule has 7 nitrogen and oxygen atoms in total. The number of nitrogens with zero attached hydrogens (tertiary/aromatic N) is 1. The van der Waals surface area contributed by atoms with Gasteiger partial charge in [0, 0.05) is 53.9 Å². The van der Waals surface area contributed by atoms with Crippen molar-refractivity contribution in [3.05, 3.63) is 87.2 Å². The van der Waals surface area contributed by atoms with Crippen LogP contribution in [0, 0.1) is 0 Å². The number of carbonyl (C=O) groups excluding carboxylic acids is 1. The number of pyridine rings is 3. The molecular weight excluding hydrogens is 418 g/mol. The molecule has 3 heterocycles. The molecule has 1 unspecified atom stereocenters. The number of aliphatic hydroxyl groups is 1. The van der Waals surface area contributed by atoms with Gasteiger partial charge in [0.1, 0.15) is 5.78 Å². The van der Waals surface area contributed by atoms with Gasteiger partial charge in [-0.3, -0.25) is 14.4 Å². The highest BCUT2D eigenvalue weighted by atomic mass is 16.3. The summed E-state index contributed by atoms with van der Waals surface area (Å²) in [5.74, 6) is 0.0738. The molecule has 0 spiro atoms. The van der Waals surface area contributed by atoms with Crippen molar-refractivity contribution in [2.45, 2.75) is 38.7 Å². The van der Waals surface area contributed by atoms with Gasteiger partial charge < -0.3 is 15.1 Å². The molecule has 0 saturated carbocycles. The SMILES string of the molecule is CCC(O)CCC(=O)Cc1ccc2nc(-c3cc[nH]c(=O)c3)c(-c3cc[nH]c(=O)c3)cc2c1. The standard InChI is InChI=1S/C26H25N3O4/c1-2-20(30)4-5-21(31)12-16-3-6-23-19(11-16)13-22(17-7-9-27-24(32)14-17)26(29-23)18-8-10-28-25(33)15-18/h3,6-11,13-15,20,30H,2,4-5,12H2,1H3,(H,27,32)(H,28,33). The van der Waals surface area contributed by atoms with Crippen molar-refractivity contribution in [2.24, 2.45) is 0 Å². The fourth-order valence-corrected chi connectivity index (χ4v) is 3.83. The summed E-state index contributed by atoms with van der Waals surface area (Å²) >= 11 is 0. The summed E-state index contributed by atoms with van der Waals surface area (Å²) in [6.45, 7) is 1.89.